The van der Waals surface area contributed by atoms with Crippen molar-refractivity contribution in [1.82, 2.24) is 0 Å². The van der Waals surface area contributed by atoms with Crippen LogP contribution in [-0.4, -0.2) is 29.1 Å². The predicted octanol–water partition coefficient (Wildman–Crippen LogP) is 2.14. The minimum absolute atomic E-state index is 0.315. The maximum absolute atomic E-state index is 11.1. The number of hydrogen-bond donors (Lipinski definition) is 1. The third-order valence-electron chi connectivity index (χ3n) is 3.23. The second-order valence-corrected chi connectivity index (χ2v) is 4.79. The van der Waals surface area contributed by atoms with Gasteiger partial charge in [0.05, 0.1) is 11.5 Å². The van der Waals surface area contributed by atoms with Crippen molar-refractivity contribution in [2.45, 2.75) is 12.8 Å². The first-order valence-electron chi connectivity index (χ1n) is 6.23. The van der Waals surface area contributed by atoms with E-state index in [9.17, 15) is 14.9 Å². The molecule has 0 saturated heterocycles. The van der Waals surface area contributed by atoms with E-state index in [-0.39, 0.29) is 5.56 Å². The molecule has 1 N–H and O–H groups in total. The third-order valence-corrected chi connectivity index (χ3v) is 3.23. The Hall–Kier alpha value is -2.55. The molecule has 0 unspecified atom stereocenters. The van der Waals surface area contributed by atoms with E-state index in [0.717, 1.165) is 19.4 Å². The number of carboxylic acid groups (broad SMARTS) is 1. The molecule has 20 heavy (non-hydrogen) atoms. The van der Waals surface area contributed by atoms with Crippen LogP contribution >= 0.6 is 0 Å². The molecule has 2 rings (SSSR count). The highest BCUT2D eigenvalue weighted by molar-refractivity contribution is 5.93. The SMILES string of the molecule is C#CCN(CC1CC1)c1ccc([N+](=O)[O-])c(C(=O)O)c1. The van der Waals surface area contributed by atoms with Crippen molar-refractivity contribution in [2.24, 2.45) is 5.92 Å². The summed E-state index contributed by atoms with van der Waals surface area (Å²) in [6.45, 7) is 1.11. The molecule has 6 nitrogen and oxygen atoms in total. The van der Waals surface area contributed by atoms with Gasteiger partial charge < -0.3 is 10.0 Å². The lowest BCUT2D eigenvalue weighted by atomic mass is 10.1. The van der Waals surface area contributed by atoms with Gasteiger partial charge in [0.1, 0.15) is 5.56 Å². The van der Waals surface area contributed by atoms with Crippen LogP contribution in [0.3, 0.4) is 0 Å². The van der Waals surface area contributed by atoms with Crippen molar-refractivity contribution >= 4 is 17.3 Å². The van der Waals surface area contributed by atoms with Crippen LogP contribution in [0.15, 0.2) is 18.2 Å². The molecule has 1 saturated carbocycles. The number of benzene rings is 1. The Morgan fingerprint density at radius 1 is 1.55 bits per heavy atom. The Morgan fingerprint density at radius 2 is 2.25 bits per heavy atom. The van der Waals surface area contributed by atoms with Crippen molar-refractivity contribution in [1.29, 1.82) is 0 Å². The Kier molecular flexibility index (Phi) is 3.89. The summed E-state index contributed by atoms with van der Waals surface area (Å²) in [6.07, 6.45) is 7.60. The van der Waals surface area contributed by atoms with Gasteiger partial charge in [-0.25, -0.2) is 4.79 Å². The van der Waals surface area contributed by atoms with E-state index in [4.69, 9.17) is 11.5 Å². The monoisotopic (exact) mass is 274 g/mol. The number of nitro groups is 1. The first-order chi connectivity index (χ1) is 9.52. The van der Waals surface area contributed by atoms with Gasteiger partial charge >= 0.3 is 5.97 Å². The molecule has 1 aromatic carbocycles. The van der Waals surface area contributed by atoms with E-state index in [2.05, 4.69) is 5.92 Å². The fraction of sp³-hybridized carbons (Fsp3) is 0.357. The van der Waals surface area contributed by atoms with E-state index in [1.807, 2.05) is 4.90 Å². The standard InChI is InChI=1S/C14H14N2O4/c1-2-7-15(9-10-3-4-10)11-5-6-13(16(19)20)12(8-11)14(17)18/h1,5-6,8,10H,3-4,7,9H2,(H,17,18). The van der Waals surface area contributed by atoms with Crippen molar-refractivity contribution in [3.8, 4) is 12.3 Å². The van der Waals surface area contributed by atoms with E-state index >= 15 is 0 Å². The van der Waals surface area contributed by atoms with Gasteiger partial charge in [0.15, 0.2) is 0 Å². The second-order valence-electron chi connectivity index (χ2n) is 4.79. The molecule has 0 aromatic heterocycles. The highest BCUT2D eigenvalue weighted by atomic mass is 16.6. The summed E-state index contributed by atoms with van der Waals surface area (Å²) in [4.78, 5) is 23.1. The fourth-order valence-corrected chi connectivity index (χ4v) is 2.03. The van der Waals surface area contributed by atoms with E-state index in [0.29, 0.717) is 18.2 Å². The smallest absolute Gasteiger partial charge is 0.342 e. The largest absolute Gasteiger partial charge is 0.477 e. The lowest BCUT2D eigenvalue weighted by molar-refractivity contribution is -0.385. The molecule has 0 amide bonds. The normalized spacial score (nSPS) is 13.6. The molecule has 1 aromatic rings. The van der Waals surface area contributed by atoms with Gasteiger partial charge in [-0.05, 0) is 30.9 Å². The van der Waals surface area contributed by atoms with Crippen LogP contribution in [0.4, 0.5) is 11.4 Å². The zero-order valence-electron chi connectivity index (χ0n) is 10.8. The Bertz CT molecular complexity index is 587. The molecule has 0 bridgehead atoms. The average Bonchev–Trinajstić information content (AvgIpc) is 3.21. The zero-order valence-corrected chi connectivity index (χ0v) is 10.8. The third kappa shape index (κ3) is 3.06. The predicted molar refractivity (Wildman–Crippen MR) is 73.8 cm³/mol. The quantitative estimate of drug-likeness (QED) is 0.488. The fourth-order valence-electron chi connectivity index (χ4n) is 2.03. The number of carbonyl (C=O) groups is 1. The molecule has 0 aliphatic heterocycles. The number of rotatable bonds is 6. The number of anilines is 1. The van der Waals surface area contributed by atoms with Gasteiger partial charge in [0, 0.05) is 18.3 Å². The summed E-state index contributed by atoms with van der Waals surface area (Å²) in [5.74, 6) is 1.79. The molecule has 1 aliphatic carbocycles. The molecule has 1 fully saturated rings. The molecular weight excluding hydrogens is 260 g/mol. The number of nitro benzene ring substituents is 1. The molecule has 0 radical (unpaired) electrons. The molecule has 6 heteroatoms. The lowest BCUT2D eigenvalue weighted by Crippen LogP contribution is -2.26. The molecule has 0 heterocycles. The van der Waals surface area contributed by atoms with Gasteiger partial charge in [-0.3, -0.25) is 10.1 Å². The van der Waals surface area contributed by atoms with Gasteiger partial charge in [0.2, 0.25) is 0 Å². The summed E-state index contributed by atoms with van der Waals surface area (Å²) >= 11 is 0. The lowest BCUT2D eigenvalue weighted by Gasteiger charge is -2.22. The molecule has 1 aliphatic rings. The highest BCUT2D eigenvalue weighted by Gasteiger charge is 2.26. The van der Waals surface area contributed by atoms with Crippen LogP contribution in [0.25, 0.3) is 0 Å². The van der Waals surface area contributed by atoms with Crippen molar-refractivity contribution < 1.29 is 14.8 Å². The molecule has 0 atom stereocenters. The first kappa shape index (κ1) is 13.9. The first-order valence-corrected chi connectivity index (χ1v) is 6.23. The highest BCUT2D eigenvalue weighted by Crippen LogP contribution is 2.32. The summed E-state index contributed by atoms with van der Waals surface area (Å²) in [6, 6.07) is 4.08. The van der Waals surface area contributed by atoms with Gasteiger partial charge in [-0.15, -0.1) is 6.42 Å². The topological polar surface area (TPSA) is 83.7 Å². The van der Waals surface area contributed by atoms with E-state index in [1.54, 1.807) is 6.07 Å². The summed E-state index contributed by atoms with van der Waals surface area (Å²) in [5.41, 5.74) is -0.114. The molecular formula is C14H14N2O4. The Morgan fingerprint density at radius 3 is 2.75 bits per heavy atom. The second kappa shape index (κ2) is 5.61. The van der Waals surface area contributed by atoms with Crippen molar-refractivity contribution in [3.63, 3.8) is 0 Å². The van der Waals surface area contributed by atoms with Crippen LogP contribution in [0.5, 0.6) is 0 Å². The van der Waals surface area contributed by atoms with Crippen LogP contribution in [0.2, 0.25) is 0 Å². The maximum atomic E-state index is 11.1. The number of carboxylic acids is 1. The number of hydrogen-bond acceptors (Lipinski definition) is 4. The van der Waals surface area contributed by atoms with E-state index in [1.165, 1.54) is 12.1 Å². The Labute approximate surface area is 116 Å². The van der Waals surface area contributed by atoms with Gasteiger partial charge in [0.25, 0.3) is 5.69 Å². The number of aromatic carboxylic acids is 1. The van der Waals surface area contributed by atoms with Crippen LogP contribution in [0.1, 0.15) is 23.2 Å². The van der Waals surface area contributed by atoms with Crippen LogP contribution < -0.4 is 4.90 Å². The summed E-state index contributed by atoms with van der Waals surface area (Å²) in [7, 11) is 0. The zero-order chi connectivity index (χ0) is 14.7. The molecule has 0 spiro atoms. The van der Waals surface area contributed by atoms with E-state index < -0.39 is 16.6 Å². The summed E-state index contributed by atoms with van der Waals surface area (Å²) in [5, 5.41) is 19.9. The summed E-state index contributed by atoms with van der Waals surface area (Å²) < 4.78 is 0. The number of terminal acetylenes is 1. The minimum Gasteiger partial charge on any atom is -0.477 e. The minimum atomic E-state index is -1.31. The van der Waals surface area contributed by atoms with Crippen LogP contribution in [-0.2, 0) is 0 Å². The average molecular weight is 274 g/mol. The van der Waals surface area contributed by atoms with Crippen LogP contribution in [0, 0.1) is 28.4 Å². The van der Waals surface area contributed by atoms with Gasteiger partial charge in [-0.1, -0.05) is 5.92 Å². The Balaban J connectivity index is 2.34. The number of nitrogens with zero attached hydrogens (tertiary/aromatic N) is 2. The molecule has 104 valence electrons. The maximum Gasteiger partial charge on any atom is 0.342 e. The van der Waals surface area contributed by atoms with Crippen molar-refractivity contribution in [2.75, 3.05) is 18.0 Å². The van der Waals surface area contributed by atoms with Gasteiger partial charge in [-0.2, -0.15) is 0 Å². The van der Waals surface area contributed by atoms with Crippen molar-refractivity contribution in [3.05, 3.63) is 33.9 Å².